The van der Waals surface area contributed by atoms with Crippen LogP contribution in [0, 0.1) is 5.82 Å². The van der Waals surface area contributed by atoms with E-state index in [1.807, 2.05) is 0 Å². The van der Waals surface area contributed by atoms with E-state index in [-0.39, 0.29) is 23.1 Å². The Morgan fingerprint density at radius 2 is 2.10 bits per heavy atom. The number of methoxy groups -OCH3 is 1. The highest BCUT2D eigenvalue weighted by atomic mass is 32.2. The van der Waals surface area contributed by atoms with Gasteiger partial charge in [-0.1, -0.05) is 0 Å². The van der Waals surface area contributed by atoms with E-state index < -0.39 is 15.8 Å². The third kappa shape index (κ3) is 2.91. The molecule has 0 saturated carbocycles. The Kier molecular flexibility index (Phi) is 3.96. The van der Waals surface area contributed by atoms with Crippen molar-refractivity contribution in [3.05, 3.63) is 41.9 Å². The highest BCUT2D eigenvalue weighted by Gasteiger charge is 2.19. The van der Waals surface area contributed by atoms with Crippen LogP contribution in [0.3, 0.4) is 0 Å². The molecule has 108 valence electrons. The van der Waals surface area contributed by atoms with E-state index in [0.717, 1.165) is 6.07 Å². The van der Waals surface area contributed by atoms with Gasteiger partial charge < -0.3 is 14.9 Å². The summed E-state index contributed by atoms with van der Waals surface area (Å²) in [7, 11) is -2.60. The molecule has 0 aliphatic rings. The van der Waals surface area contributed by atoms with Crippen molar-refractivity contribution in [2.45, 2.75) is 11.6 Å². The molecule has 0 fully saturated rings. The zero-order chi connectivity index (χ0) is 14.8. The zero-order valence-electron chi connectivity index (χ0n) is 10.6. The first-order valence-electron chi connectivity index (χ1n) is 5.61. The van der Waals surface area contributed by atoms with Crippen molar-refractivity contribution in [2.75, 3.05) is 11.8 Å². The van der Waals surface area contributed by atoms with Crippen molar-refractivity contribution in [2.24, 2.45) is 5.73 Å². The second-order valence-corrected chi connectivity index (χ2v) is 5.49. The van der Waals surface area contributed by atoms with Gasteiger partial charge in [0, 0.05) is 6.07 Å². The van der Waals surface area contributed by atoms with Crippen LogP contribution in [0.4, 0.5) is 10.1 Å². The first-order chi connectivity index (χ1) is 9.46. The molecule has 0 unspecified atom stereocenters. The predicted octanol–water partition coefficient (Wildman–Crippen LogP) is 1.69. The number of hydrogen-bond acceptors (Lipinski definition) is 5. The Hall–Kier alpha value is -2.06. The average Bonchev–Trinajstić information content (AvgIpc) is 2.90. The lowest BCUT2D eigenvalue weighted by Gasteiger charge is -2.08. The van der Waals surface area contributed by atoms with Crippen molar-refractivity contribution in [3.8, 4) is 5.75 Å². The largest absolute Gasteiger partial charge is 0.494 e. The molecule has 2 aromatic rings. The standard InChI is InChI=1S/C12H13FN2O4S/c1-18-11-6-8(2-4-10(11)13)15-20(16,17)12-5-3-9(7-14)19-12/h2-6,15H,7,14H2,1H3. The van der Waals surface area contributed by atoms with Crippen LogP contribution < -0.4 is 15.2 Å². The molecule has 2 rings (SSSR count). The summed E-state index contributed by atoms with van der Waals surface area (Å²) in [5.74, 6) is -0.298. The minimum atomic E-state index is -3.89. The maximum atomic E-state index is 13.2. The van der Waals surface area contributed by atoms with E-state index in [4.69, 9.17) is 14.9 Å². The fourth-order valence-corrected chi connectivity index (χ4v) is 2.54. The molecule has 0 spiro atoms. The highest BCUT2D eigenvalue weighted by molar-refractivity contribution is 7.92. The van der Waals surface area contributed by atoms with Gasteiger partial charge >= 0.3 is 0 Å². The number of anilines is 1. The van der Waals surface area contributed by atoms with Gasteiger partial charge in [-0.25, -0.2) is 4.39 Å². The lowest BCUT2D eigenvalue weighted by atomic mass is 10.3. The minimum absolute atomic E-state index is 0.0627. The average molecular weight is 300 g/mol. The van der Waals surface area contributed by atoms with Crippen LogP contribution in [0.25, 0.3) is 0 Å². The van der Waals surface area contributed by atoms with Gasteiger partial charge in [0.1, 0.15) is 5.76 Å². The number of benzene rings is 1. The molecule has 0 aliphatic carbocycles. The monoisotopic (exact) mass is 300 g/mol. The number of sulfonamides is 1. The number of halogens is 1. The Morgan fingerprint density at radius 1 is 1.35 bits per heavy atom. The Morgan fingerprint density at radius 3 is 2.70 bits per heavy atom. The van der Waals surface area contributed by atoms with Crippen molar-refractivity contribution < 1.29 is 22.0 Å². The van der Waals surface area contributed by atoms with Gasteiger partial charge in [0.2, 0.25) is 5.09 Å². The van der Waals surface area contributed by atoms with E-state index >= 15 is 0 Å². The summed E-state index contributed by atoms with van der Waals surface area (Å²) in [4.78, 5) is 0. The lowest BCUT2D eigenvalue weighted by Crippen LogP contribution is -2.12. The zero-order valence-corrected chi connectivity index (χ0v) is 11.4. The first-order valence-corrected chi connectivity index (χ1v) is 7.09. The van der Waals surface area contributed by atoms with Gasteiger partial charge in [0.15, 0.2) is 11.6 Å². The summed E-state index contributed by atoms with van der Waals surface area (Å²) in [6.07, 6.45) is 0. The van der Waals surface area contributed by atoms with Gasteiger partial charge in [-0.3, -0.25) is 4.72 Å². The van der Waals surface area contributed by atoms with Crippen LogP contribution in [0.5, 0.6) is 5.75 Å². The molecule has 8 heteroatoms. The molecule has 20 heavy (non-hydrogen) atoms. The van der Waals surface area contributed by atoms with Crippen molar-refractivity contribution in [3.63, 3.8) is 0 Å². The number of rotatable bonds is 5. The molecule has 0 bridgehead atoms. The molecule has 0 radical (unpaired) electrons. The van der Waals surface area contributed by atoms with Gasteiger partial charge in [0.25, 0.3) is 10.0 Å². The minimum Gasteiger partial charge on any atom is -0.494 e. The number of furan rings is 1. The lowest BCUT2D eigenvalue weighted by molar-refractivity contribution is 0.387. The first kappa shape index (κ1) is 14.4. The number of nitrogens with two attached hydrogens (primary N) is 1. The maximum Gasteiger partial charge on any atom is 0.295 e. The molecule has 3 N–H and O–H groups in total. The third-order valence-corrected chi connectivity index (χ3v) is 3.76. The second kappa shape index (κ2) is 5.51. The smallest absolute Gasteiger partial charge is 0.295 e. The van der Waals surface area contributed by atoms with Gasteiger partial charge in [-0.15, -0.1) is 0 Å². The second-order valence-electron chi connectivity index (χ2n) is 3.88. The Labute approximate surface area is 115 Å². The van der Waals surface area contributed by atoms with E-state index in [1.165, 1.54) is 31.4 Å². The van der Waals surface area contributed by atoms with Crippen LogP contribution >= 0.6 is 0 Å². The van der Waals surface area contributed by atoms with Crippen molar-refractivity contribution in [1.29, 1.82) is 0 Å². The van der Waals surface area contributed by atoms with Crippen molar-refractivity contribution in [1.82, 2.24) is 0 Å². The quantitative estimate of drug-likeness (QED) is 0.876. The van der Waals surface area contributed by atoms with E-state index in [1.54, 1.807) is 0 Å². The molecule has 1 heterocycles. The summed E-state index contributed by atoms with van der Waals surface area (Å²) in [6, 6.07) is 6.39. The van der Waals surface area contributed by atoms with Crippen LogP contribution in [0.1, 0.15) is 5.76 Å². The Balaban J connectivity index is 2.28. The molecule has 0 amide bonds. The molecule has 1 aromatic carbocycles. The molecular weight excluding hydrogens is 287 g/mol. The number of ether oxygens (including phenoxy) is 1. The van der Waals surface area contributed by atoms with Gasteiger partial charge in [0.05, 0.1) is 19.3 Å². The molecule has 6 nitrogen and oxygen atoms in total. The van der Waals surface area contributed by atoms with Crippen LogP contribution in [-0.2, 0) is 16.6 Å². The number of nitrogens with one attached hydrogen (secondary N) is 1. The fraction of sp³-hybridized carbons (Fsp3) is 0.167. The summed E-state index contributed by atoms with van der Waals surface area (Å²) in [5.41, 5.74) is 5.51. The molecular formula is C12H13FN2O4S. The Bertz CT molecular complexity index is 712. The van der Waals surface area contributed by atoms with E-state index in [9.17, 15) is 12.8 Å². The van der Waals surface area contributed by atoms with Crippen LogP contribution in [0.15, 0.2) is 39.8 Å². The van der Waals surface area contributed by atoms with Crippen molar-refractivity contribution >= 4 is 15.7 Å². The van der Waals surface area contributed by atoms with E-state index in [0.29, 0.717) is 5.76 Å². The van der Waals surface area contributed by atoms with E-state index in [2.05, 4.69) is 4.72 Å². The summed E-state index contributed by atoms with van der Waals surface area (Å²) >= 11 is 0. The van der Waals surface area contributed by atoms with Gasteiger partial charge in [-0.2, -0.15) is 8.42 Å². The summed E-state index contributed by atoms with van der Waals surface area (Å²) in [6.45, 7) is 0.0971. The van der Waals surface area contributed by atoms with Crippen LogP contribution in [0.2, 0.25) is 0 Å². The molecule has 1 aromatic heterocycles. The SMILES string of the molecule is COc1cc(NS(=O)(=O)c2ccc(CN)o2)ccc1F. The fourth-order valence-electron chi connectivity index (χ4n) is 1.54. The topological polar surface area (TPSA) is 94.6 Å². The predicted molar refractivity (Wildman–Crippen MR) is 70.4 cm³/mol. The van der Waals surface area contributed by atoms with Crippen LogP contribution in [-0.4, -0.2) is 15.5 Å². The molecule has 0 saturated heterocycles. The van der Waals surface area contributed by atoms with Gasteiger partial charge in [-0.05, 0) is 24.3 Å². The number of hydrogen-bond donors (Lipinski definition) is 2. The molecule has 0 aliphatic heterocycles. The maximum absolute atomic E-state index is 13.2. The normalized spacial score (nSPS) is 11.3. The highest BCUT2D eigenvalue weighted by Crippen LogP contribution is 2.24. The summed E-state index contributed by atoms with van der Waals surface area (Å²) < 4.78 is 49.4. The molecule has 0 atom stereocenters. The third-order valence-electron chi connectivity index (χ3n) is 2.51. The summed E-state index contributed by atoms with van der Waals surface area (Å²) in [5, 5.41) is -0.263.